The number of carbonyl (C=O) groups is 1. The smallest absolute Gasteiger partial charge is 0.213 e. The summed E-state index contributed by atoms with van der Waals surface area (Å²) in [5.41, 5.74) is 4.90. The molecule has 2 aromatic carbocycles. The van der Waals surface area contributed by atoms with E-state index in [0.29, 0.717) is 0 Å². The second kappa shape index (κ2) is 14.4. The molecule has 0 aliphatic heterocycles. The van der Waals surface area contributed by atoms with E-state index in [4.69, 9.17) is 0 Å². The highest BCUT2D eigenvalue weighted by molar-refractivity contribution is 9.11. The number of benzene rings is 2. The van der Waals surface area contributed by atoms with Crippen molar-refractivity contribution in [3.63, 3.8) is 0 Å². The third kappa shape index (κ3) is 8.20. The van der Waals surface area contributed by atoms with Crippen LogP contribution in [0.3, 0.4) is 0 Å². The molecule has 0 fully saturated rings. The predicted octanol–water partition coefficient (Wildman–Crippen LogP) is 7.32. The molecular weight excluding hydrogens is 616 g/mol. The lowest BCUT2D eigenvalue weighted by atomic mass is 10.1. The van der Waals surface area contributed by atoms with Gasteiger partial charge in [-0.05, 0) is 118 Å². The van der Waals surface area contributed by atoms with E-state index in [-0.39, 0.29) is 5.78 Å². The first-order chi connectivity index (χ1) is 17.6. The summed E-state index contributed by atoms with van der Waals surface area (Å²) in [6.45, 7) is 3.56. The van der Waals surface area contributed by atoms with Crippen molar-refractivity contribution < 1.29 is 4.79 Å². The molecule has 3 nitrogen and oxygen atoms in total. The van der Waals surface area contributed by atoms with Crippen molar-refractivity contribution in [2.45, 2.75) is 25.7 Å². The monoisotopic (exact) mass is 644 g/mol. The highest BCUT2D eigenvalue weighted by Crippen LogP contribution is 2.34. The molecule has 2 aromatic heterocycles. The molecule has 0 spiro atoms. The molecule has 0 atom stereocenters. The van der Waals surface area contributed by atoms with Gasteiger partial charge in [0.25, 0.3) is 0 Å². The molecule has 0 aliphatic rings. The molecule has 0 aliphatic carbocycles. The van der Waals surface area contributed by atoms with E-state index in [1.807, 2.05) is 12.1 Å². The first-order valence-electron chi connectivity index (χ1n) is 12.2. The molecule has 7 heteroatoms. The Morgan fingerprint density at radius 2 is 1.00 bits per heavy atom. The number of hydrogen-bond donors (Lipinski definition) is 2. The quantitative estimate of drug-likeness (QED) is 0.112. The van der Waals surface area contributed by atoms with Crippen molar-refractivity contribution >= 4 is 60.3 Å². The Labute approximate surface area is 238 Å². The Morgan fingerprint density at radius 1 is 0.611 bits per heavy atom. The molecule has 0 unspecified atom stereocenters. The maximum atomic E-state index is 13.6. The van der Waals surface area contributed by atoms with Gasteiger partial charge >= 0.3 is 0 Å². The maximum Gasteiger partial charge on any atom is 0.213 e. The highest BCUT2D eigenvalue weighted by Gasteiger charge is 2.22. The number of carbonyl (C=O) groups excluding carboxylic acids is 1. The zero-order chi connectivity index (χ0) is 25.2. The summed E-state index contributed by atoms with van der Waals surface area (Å²) in [5.74, 6) is 0.139. The fourth-order valence-corrected chi connectivity index (χ4v) is 7.45. The molecule has 2 N–H and O–H groups in total. The summed E-state index contributed by atoms with van der Waals surface area (Å²) in [7, 11) is 0. The van der Waals surface area contributed by atoms with Gasteiger partial charge in [-0.25, -0.2) is 0 Å². The lowest BCUT2D eigenvalue weighted by Gasteiger charge is -2.08. The van der Waals surface area contributed by atoms with Gasteiger partial charge in [0, 0.05) is 0 Å². The topological polar surface area (TPSA) is 41.1 Å². The summed E-state index contributed by atoms with van der Waals surface area (Å²) >= 11 is 10.3. The van der Waals surface area contributed by atoms with Crippen LogP contribution in [0.25, 0.3) is 0 Å². The number of nitrogens with one attached hydrogen (secondary N) is 2. The molecule has 4 aromatic rings. The van der Waals surface area contributed by atoms with Crippen LogP contribution >= 0.6 is 54.5 Å². The van der Waals surface area contributed by atoms with Crippen LogP contribution < -0.4 is 10.6 Å². The highest BCUT2D eigenvalue weighted by atomic mass is 79.9. The maximum absolute atomic E-state index is 13.6. The first kappa shape index (κ1) is 27.4. The molecule has 36 heavy (non-hydrogen) atoms. The summed E-state index contributed by atoms with van der Waals surface area (Å²) < 4.78 is 2.01. The van der Waals surface area contributed by atoms with Gasteiger partial charge in [0.2, 0.25) is 5.78 Å². The SMILES string of the molecule is O=C(c1sc(Br)cc1CCNCCc1ccccc1)c1sc(Br)cc1CCNCCc1ccccc1. The molecule has 188 valence electrons. The Morgan fingerprint density at radius 3 is 1.42 bits per heavy atom. The third-order valence-electron chi connectivity index (χ3n) is 5.98. The fourth-order valence-electron chi connectivity index (χ4n) is 4.10. The standard InChI is InChI=1S/C29H30Br2N2OS2/c30-25-19-23(13-17-32-15-11-21-7-3-1-4-8-21)28(35-25)27(34)29-24(20-26(31)36-29)14-18-33-16-12-22-9-5-2-6-10-22/h1-10,19-20,32-33H,11-18H2. The van der Waals surface area contributed by atoms with Gasteiger partial charge in [-0.15, -0.1) is 22.7 Å². The minimum absolute atomic E-state index is 0.139. The van der Waals surface area contributed by atoms with Crippen LogP contribution in [0.1, 0.15) is 36.8 Å². The van der Waals surface area contributed by atoms with Crippen molar-refractivity contribution in [1.82, 2.24) is 10.6 Å². The summed E-state index contributed by atoms with van der Waals surface area (Å²) in [5, 5.41) is 7.06. The van der Waals surface area contributed by atoms with E-state index < -0.39 is 0 Å². The van der Waals surface area contributed by atoms with Crippen LogP contribution in [-0.4, -0.2) is 32.0 Å². The van der Waals surface area contributed by atoms with E-state index >= 15 is 0 Å². The summed E-state index contributed by atoms with van der Waals surface area (Å²) in [6, 6.07) is 25.2. The van der Waals surface area contributed by atoms with Crippen molar-refractivity contribution in [2.75, 3.05) is 26.2 Å². The van der Waals surface area contributed by atoms with Gasteiger partial charge in [0.05, 0.1) is 17.3 Å². The molecule has 0 amide bonds. The molecule has 0 saturated carbocycles. The second-order valence-corrected chi connectivity index (χ2v) is 13.5. The predicted molar refractivity (Wildman–Crippen MR) is 161 cm³/mol. The van der Waals surface area contributed by atoms with Crippen LogP contribution in [-0.2, 0) is 25.7 Å². The van der Waals surface area contributed by atoms with Gasteiger partial charge in [-0.1, -0.05) is 60.7 Å². The Balaban J connectivity index is 1.30. The summed E-state index contributed by atoms with van der Waals surface area (Å²) in [4.78, 5) is 15.3. The van der Waals surface area contributed by atoms with Gasteiger partial charge in [0.1, 0.15) is 0 Å². The Bertz CT molecular complexity index is 1140. The van der Waals surface area contributed by atoms with Crippen molar-refractivity contribution in [3.05, 3.63) is 112 Å². The molecule has 4 rings (SSSR count). The number of rotatable bonds is 14. The molecule has 0 bridgehead atoms. The normalized spacial score (nSPS) is 11.2. The number of halogens is 2. The molecule has 0 radical (unpaired) electrons. The minimum Gasteiger partial charge on any atom is -0.316 e. The fraction of sp³-hybridized carbons (Fsp3) is 0.276. The largest absolute Gasteiger partial charge is 0.316 e. The van der Waals surface area contributed by atoms with Crippen LogP contribution in [0.15, 0.2) is 80.4 Å². The van der Waals surface area contributed by atoms with Gasteiger partial charge in [0.15, 0.2) is 0 Å². The summed E-state index contributed by atoms with van der Waals surface area (Å²) in [6.07, 6.45) is 3.68. The number of ketones is 1. The molecular formula is C29H30Br2N2OS2. The van der Waals surface area contributed by atoms with E-state index in [1.54, 1.807) is 22.7 Å². The van der Waals surface area contributed by atoms with Gasteiger partial charge in [-0.2, -0.15) is 0 Å². The van der Waals surface area contributed by atoms with E-state index in [1.165, 1.54) is 11.1 Å². The van der Waals surface area contributed by atoms with Crippen molar-refractivity contribution in [1.29, 1.82) is 0 Å². The van der Waals surface area contributed by atoms with Crippen LogP contribution in [0, 0.1) is 0 Å². The number of hydrogen-bond acceptors (Lipinski definition) is 5. The number of thiophene rings is 2. The average molecular weight is 647 g/mol. The van der Waals surface area contributed by atoms with Crippen molar-refractivity contribution in [3.8, 4) is 0 Å². The van der Waals surface area contributed by atoms with Crippen LogP contribution in [0.5, 0.6) is 0 Å². The van der Waals surface area contributed by atoms with Crippen LogP contribution in [0.4, 0.5) is 0 Å². The lowest BCUT2D eigenvalue weighted by Crippen LogP contribution is -2.21. The third-order valence-corrected chi connectivity index (χ3v) is 9.34. The Hall–Kier alpha value is -1.61. The second-order valence-electron chi connectivity index (χ2n) is 8.61. The van der Waals surface area contributed by atoms with Crippen molar-refractivity contribution in [2.24, 2.45) is 0 Å². The minimum atomic E-state index is 0.139. The van der Waals surface area contributed by atoms with Gasteiger partial charge in [-0.3, -0.25) is 4.79 Å². The molecule has 0 saturated heterocycles. The molecule has 2 heterocycles. The Kier molecular flexibility index (Phi) is 10.9. The van der Waals surface area contributed by atoms with E-state index in [2.05, 4.69) is 103 Å². The van der Waals surface area contributed by atoms with Gasteiger partial charge < -0.3 is 10.6 Å². The zero-order valence-electron chi connectivity index (χ0n) is 20.1. The average Bonchev–Trinajstić information content (AvgIpc) is 3.46. The zero-order valence-corrected chi connectivity index (χ0v) is 24.9. The van der Waals surface area contributed by atoms with E-state index in [9.17, 15) is 4.79 Å². The first-order valence-corrected chi connectivity index (χ1v) is 15.4. The lowest BCUT2D eigenvalue weighted by molar-refractivity contribution is 0.104. The van der Waals surface area contributed by atoms with Crippen LogP contribution in [0.2, 0.25) is 0 Å². The van der Waals surface area contributed by atoms with E-state index in [0.717, 1.165) is 80.3 Å².